The fourth-order valence-corrected chi connectivity index (χ4v) is 1.17. The molecule has 0 saturated carbocycles. The largest absolute Gasteiger partial charge is 0.359 e. The fraction of sp³-hybridized carbons (Fsp3) is 0.538. The molecule has 0 aromatic rings. The van der Waals surface area contributed by atoms with Gasteiger partial charge < -0.3 is 9.47 Å². The van der Waals surface area contributed by atoms with E-state index in [2.05, 4.69) is 26.7 Å². The van der Waals surface area contributed by atoms with Crippen molar-refractivity contribution in [2.75, 3.05) is 13.9 Å². The first-order chi connectivity index (χ1) is 7.11. The molecule has 0 aliphatic heterocycles. The summed E-state index contributed by atoms with van der Waals surface area (Å²) in [5.74, 6) is 0. The van der Waals surface area contributed by atoms with E-state index in [1.165, 1.54) is 0 Å². The Morgan fingerprint density at radius 1 is 1.27 bits per heavy atom. The summed E-state index contributed by atoms with van der Waals surface area (Å²) >= 11 is 0. The van der Waals surface area contributed by atoms with Crippen molar-refractivity contribution in [2.45, 2.75) is 25.9 Å². The third kappa shape index (κ3) is 5.55. The number of rotatable bonds is 9. The topological polar surface area (TPSA) is 18.5 Å². The normalized spacial score (nSPS) is 13.2. The molecule has 0 fully saturated rings. The molecule has 1 unspecified atom stereocenters. The molecule has 0 aromatic heterocycles. The van der Waals surface area contributed by atoms with Crippen molar-refractivity contribution >= 4 is 0 Å². The van der Waals surface area contributed by atoms with E-state index in [4.69, 9.17) is 9.47 Å². The quantitative estimate of drug-likeness (QED) is 0.429. The smallest absolute Gasteiger partial charge is 0.147 e. The first-order valence-corrected chi connectivity index (χ1v) is 5.12. The minimum Gasteiger partial charge on any atom is -0.359 e. The molecule has 2 heteroatoms. The average molecular weight is 210 g/mol. The molecule has 15 heavy (non-hydrogen) atoms. The molecule has 2 nitrogen and oxygen atoms in total. The van der Waals surface area contributed by atoms with Gasteiger partial charge in [-0.15, -0.1) is 19.7 Å². The maximum atomic E-state index is 5.42. The first kappa shape index (κ1) is 14.1. The summed E-state index contributed by atoms with van der Waals surface area (Å²) in [6.07, 6.45) is 7.49. The lowest BCUT2D eigenvalue weighted by Crippen LogP contribution is -2.17. The highest BCUT2D eigenvalue weighted by atomic mass is 16.7. The molecule has 0 spiro atoms. The molecular weight excluding hydrogens is 188 g/mol. The monoisotopic (exact) mass is 210 g/mol. The van der Waals surface area contributed by atoms with Crippen molar-refractivity contribution in [1.29, 1.82) is 0 Å². The van der Waals surface area contributed by atoms with Crippen LogP contribution in [0.3, 0.4) is 0 Å². The van der Waals surface area contributed by atoms with E-state index in [0.717, 1.165) is 12.8 Å². The minimum absolute atomic E-state index is 0.0301. The van der Waals surface area contributed by atoms with Gasteiger partial charge in [-0.2, -0.15) is 0 Å². The van der Waals surface area contributed by atoms with Gasteiger partial charge in [0.2, 0.25) is 0 Å². The Labute approximate surface area is 93.3 Å². The van der Waals surface area contributed by atoms with Crippen molar-refractivity contribution in [2.24, 2.45) is 5.41 Å². The Hall–Kier alpha value is -0.860. The lowest BCUT2D eigenvalue weighted by molar-refractivity contribution is -0.0589. The van der Waals surface area contributed by atoms with Crippen LogP contribution in [0.15, 0.2) is 38.0 Å². The molecule has 0 aromatic carbocycles. The average Bonchev–Trinajstić information content (AvgIpc) is 2.29. The first-order valence-electron chi connectivity index (χ1n) is 5.12. The zero-order valence-corrected chi connectivity index (χ0v) is 9.87. The molecule has 1 atom stereocenters. The van der Waals surface area contributed by atoms with Gasteiger partial charge in [0.05, 0.1) is 6.10 Å². The van der Waals surface area contributed by atoms with Crippen LogP contribution in [0.25, 0.3) is 0 Å². The lowest BCUT2D eigenvalue weighted by atomic mass is 9.85. The number of methoxy groups -OCH3 is 1. The molecule has 0 aliphatic carbocycles. The van der Waals surface area contributed by atoms with Crippen LogP contribution in [0, 0.1) is 5.41 Å². The molecule has 0 radical (unpaired) electrons. The maximum Gasteiger partial charge on any atom is 0.147 e. The van der Waals surface area contributed by atoms with Crippen LogP contribution in [-0.2, 0) is 9.47 Å². The summed E-state index contributed by atoms with van der Waals surface area (Å²) in [4.78, 5) is 0. The van der Waals surface area contributed by atoms with Crippen LogP contribution >= 0.6 is 0 Å². The van der Waals surface area contributed by atoms with Gasteiger partial charge in [-0.1, -0.05) is 25.2 Å². The van der Waals surface area contributed by atoms with Crippen LogP contribution in [0.1, 0.15) is 19.8 Å². The molecule has 0 rings (SSSR count). The number of allylic oxidation sites excluding steroid dienone is 2. The summed E-state index contributed by atoms with van der Waals surface area (Å²) in [5, 5.41) is 0. The van der Waals surface area contributed by atoms with Gasteiger partial charge >= 0.3 is 0 Å². The Kier molecular flexibility index (Phi) is 7.01. The summed E-state index contributed by atoms with van der Waals surface area (Å²) < 4.78 is 10.3. The van der Waals surface area contributed by atoms with Crippen LogP contribution in [0.4, 0.5) is 0 Å². The van der Waals surface area contributed by atoms with E-state index >= 15 is 0 Å². The second-order valence-corrected chi connectivity index (χ2v) is 3.80. The summed E-state index contributed by atoms with van der Waals surface area (Å²) in [7, 11) is 1.61. The van der Waals surface area contributed by atoms with E-state index in [0.29, 0.717) is 6.79 Å². The van der Waals surface area contributed by atoms with Gasteiger partial charge in [0, 0.05) is 12.5 Å². The van der Waals surface area contributed by atoms with E-state index in [1.54, 1.807) is 13.2 Å². The third-order valence-electron chi connectivity index (χ3n) is 2.56. The summed E-state index contributed by atoms with van der Waals surface area (Å²) in [6, 6.07) is 0. The van der Waals surface area contributed by atoms with Crippen molar-refractivity contribution in [3.63, 3.8) is 0 Å². The molecule has 0 aliphatic rings. The van der Waals surface area contributed by atoms with E-state index in [9.17, 15) is 0 Å². The van der Waals surface area contributed by atoms with E-state index in [1.807, 2.05) is 12.2 Å². The zero-order chi connectivity index (χ0) is 11.7. The Morgan fingerprint density at radius 2 is 1.87 bits per heavy atom. The zero-order valence-electron chi connectivity index (χ0n) is 9.87. The minimum atomic E-state index is -0.0301. The molecule has 86 valence electrons. The van der Waals surface area contributed by atoms with Crippen LogP contribution < -0.4 is 0 Å². The highest BCUT2D eigenvalue weighted by Gasteiger charge is 2.17. The predicted octanol–water partition coefficient (Wildman–Crippen LogP) is 3.32. The van der Waals surface area contributed by atoms with Crippen molar-refractivity contribution in [3.05, 3.63) is 38.0 Å². The number of ether oxygens (including phenoxy) is 2. The van der Waals surface area contributed by atoms with Crippen molar-refractivity contribution in [1.82, 2.24) is 0 Å². The van der Waals surface area contributed by atoms with Crippen molar-refractivity contribution < 1.29 is 9.47 Å². The summed E-state index contributed by atoms with van der Waals surface area (Å²) in [5.41, 5.74) is -0.0301. The third-order valence-corrected chi connectivity index (χ3v) is 2.56. The highest BCUT2D eigenvalue weighted by Crippen LogP contribution is 2.27. The standard InChI is InChI=1S/C13H22O2/c1-6-12(15-11-14-5)9-10-13(4,7-2)8-3/h6-8,12H,1-3,9-11H2,4-5H3. The predicted molar refractivity (Wildman–Crippen MR) is 64.7 cm³/mol. The van der Waals surface area contributed by atoms with Gasteiger partial charge in [-0.25, -0.2) is 0 Å². The second-order valence-electron chi connectivity index (χ2n) is 3.80. The van der Waals surface area contributed by atoms with Crippen LogP contribution in [0.2, 0.25) is 0 Å². The van der Waals surface area contributed by atoms with Gasteiger partial charge in [-0.3, -0.25) is 0 Å². The second kappa shape index (κ2) is 7.43. The molecule has 0 saturated heterocycles. The van der Waals surface area contributed by atoms with Gasteiger partial charge in [-0.05, 0) is 12.8 Å². The molecule has 0 heterocycles. The molecule has 0 N–H and O–H groups in total. The number of hydrogen-bond donors (Lipinski definition) is 0. The van der Waals surface area contributed by atoms with Crippen LogP contribution in [0.5, 0.6) is 0 Å². The summed E-state index contributed by atoms with van der Waals surface area (Å²) in [6.45, 7) is 13.7. The number of hydrogen-bond acceptors (Lipinski definition) is 2. The van der Waals surface area contributed by atoms with Gasteiger partial charge in [0.15, 0.2) is 0 Å². The molecule has 0 amide bonds. The van der Waals surface area contributed by atoms with Crippen LogP contribution in [-0.4, -0.2) is 20.0 Å². The van der Waals surface area contributed by atoms with Gasteiger partial charge in [0.25, 0.3) is 0 Å². The lowest BCUT2D eigenvalue weighted by Gasteiger charge is -2.23. The van der Waals surface area contributed by atoms with E-state index in [-0.39, 0.29) is 11.5 Å². The maximum absolute atomic E-state index is 5.42. The fourth-order valence-electron chi connectivity index (χ4n) is 1.17. The highest BCUT2D eigenvalue weighted by molar-refractivity contribution is 5.04. The Bertz CT molecular complexity index is 201. The SMILES string of the molecule is C=CC(CCC(C)(C=C)C=C)OCOC. The molecular formula is C13H22O2. The van der Waals surface area contributed by atoms with E-state index < -0.39 is 0 Å². The Morgan fingerprint density at radius 3 is 2.27 bits per heavy atom. The van der Waals surface area contributed by atoms with Crippen molar-refractivity contribution in [3.8, 4) is 0 Å². The van der Waals surface area contributed by atoms with Gasteiger partial charge in [0.1, 0.15) is 6.79 Å². The molecule has 0 bridgehead atoms. The Balaban J connectivity index is 4.03.